The molecule has 0 spiro atoms. The quantitative estimate of drug-likeness (QED) is 0.0681. The molecule has 61 heavy (non-hydrogen) atoms. The Labute approximate surface area is 379 Å². The van der Waals surface area contributed by atoms with Gasteiger partial charge in [0.1, 0.15) is 0 Å². The normalized spacial score (nSPS) is 10.8. The number of nitro benzene ring substituents is 4. The summed E-state index contributed by atoms with van der Waals surface area (Å²) < 4.78 is 0. The van der Waals surface area contributed by atoms with Gasteiger partial charge in [-0.1, -0.05) is 48.5 Å². The van der Waals surface area contributed by atoms with Crippen molar-refractivity contribution >= 4 is 47.6 Å². The Morgan fingerprint density at radius 3 is 0.787 bits per heavy atom. The SMILES string of the molecule is CC[NH+](CC)CC.O.O=[N+]([O-])c1cccc(C=NCCN=Cc2cccc([N+](=O)[O-])c2[O-])c1[O-].O=[N+]([O-])c1cccc(C=NCCN=Cc2cccc([N+](=O)[O-])c2[O-])c1[O-].[Dy+3]. The maximum atomic E-state index is 11.8. The van der Waals surface area contributed by atoms with E-state index < -0.39 is 65.4 Å². The molecule has 0 amide bonds. The van der Waals surface area contributed by atoms with E-state index in [1.54, 1.807) is 4.90 Å². The van der Waals surface area contributed by atoms with Gasteiger partial charge in [-0.2, -0.15) is 0 Å². The minimum absolute atomic E-state index is 0. The van der Waals surface area contributed by atoms with Crippen LogP contribution in [0.2, 0.25) is 0 Å². The third kappa shape index (κ3) is 17.7. The van der Waals surface area contributed by atoms with Crippen molar-refractivity contribution in [2.24, 2.45) is 20.0 Å². The summed E-state index contributed by atoms with van der Waals surface area (Å²) in [6, 6.07) is 15.6. The largest absolute Gasteiger partial charge is 3.00 e. The van der Waals surface area contributed by atoms with Crippen LogP contribution in [0.15, 0.2) is 92.8 Å². The van der Waals surface area contributed by atoms with Gasteiger partial charge in [0, 0.05) is 49.1 Å². The molecule has 0 fully saturated rings. The van der Waals surface area contributed by atoms with E-state index in [-0.39, 0.29) is 92.1 Å². The number of benzene rings is 4. The Morgan fingerprint density at radius 2 is 0.639 bits per heavy atom. The summed E-state index contributed by atoms with van der Waals surface area (Å²) in [5.74, 6) is -2.90. The first-order valence-corrected chi connectivity index (χ1v) is 17.8. The second-order valence-corrected chi connectivity index (χ2v) is 11.8. The molecule has 0 aliphatic rings. The topological polar surface area (TPSA) is 350 Å². The van der Waals surface area contributed by atoms with Gasteiger partial charge < -0.3 is 30.8 Å². The predicted octanol–water partition coefficient (Wildman–Crippen LogP) is 1.48. The van der Waals surface area contributed by atoms with Crippen molar-refractivity contribution < 1.29 is 88.7 Å². The molecule has 0 aromatic heterocycles. The van der Waals surface area contributed by atoms with Crippen molar-refractivity contribution in [1.82, 2.24) is 0 Å². The molecule has 22 nitrogen and oxygen atoms in total. The van der Waals surface area contributed by atoms with Gasteiger partial charge in [-0.05, 0) is 66.0 Å². The van der Waals surface area contributed by atoms with Crippen molar-refractivity contribution in [3.63, 3.8) is 0 Å². The fraction of sp³-hybridized carbons (Fsp3) is 0.263. The monoisotopic (exact) mass is 996 g/mol. The van der Waals surface area contributed by atoms with Crippen molar-refractivity contribution in [3.8, 4) is 23.0 Å². The number of nitrogens with one attached hydrogen (secondary N) is 1. The third-order valence-corrected chi connectivity index (χ3v) is 8.02. The van der Waals surface area contributed by atoms with Crippen LogP contribution < -0.4 is 25.3 Å². The van der Waals surface area contributed by atoms with Crippen LogP contribution in [0.3, 0.4) is 0 Å². The summed E-state index contributed by atoms with van der Waals surface area (Å²) in [6.07, 6.45) is 4.88. The van der Waals surface area contributed by atoms with Crippen molar-refractivity contribution in [2.45, 2.75) is 20.8 Å². The minimum atomic E-state index is -0.760. The molecule has 0 aliphatic carbocycles. The van der Waals surface area contributed by atoms with Crippen LogP contribution in [0.25, 0.3) is 0 Å². The standard InChI is InChI=1S/2C16H14N4O6.C6H15N.Dy.H2O/c2*21-15-11(3-1-5-13(15)19(23)24)9-17-7-8-18-10-12-4-2-6-14(16(12)22)20(25)26;1-4-7(5-2)6-3;;/h2*1-6,9-10,21-22H,7-8H2;4-6H2,1-3H3;;1H2/q;;;+3;/p-3. The average molecular weight is 995 g/mol. The van der Waals surface area contributed by atoms with E-state index in [4.69, 9.17) is 0 Å². The van der Waals surface area contributed by atoms with Gasteiger partial charge in [0.25, 0.3) is 22.7 Å². The summed E-state index contributed by atoms with van der Waals surface area (Å²) in [5.41, 5.74) is -1.76. The molecule has 4 rings (SSSR count). The number of hydrogen-bond acceptors (Lipinski definition) is 16. The number of rotatable bonds is 17. The van der Waals surface area contributed by atoms with Crippen molar-refractivity contribution in [1.29, 1.82) is 0 Å². The van der Waals surface area contributed by atoms with Gasteiger partial charge in [0.05, 0.1) is 65.5 Å². The summed E-state index contributed by atoms with van der Waals surface area (Å²) >= 11 is 0. The molecule has 1 radical (unpaired) electrons. The zero-order chi connectivity index (χ0) is 43.9. The maximum Gasteiger partial charge on any atom is 3.00 e. The predicted molar refractivity (Wildman–Crippen MR) is 216 cm³/mol. The Hall–Kier alpha value is -6.45. The van der Waals surface area contributed by atoms with Gasteiger partial charge in [-0.3, -0.25) is 60.4 Å². The van der Waals surface area contributed by atoms with Gasteiger partial charge in [0.15, 0.2) is 0 Å². The van der Waals surface area contributed by atoms with Gasteiger partial charge >= 0.3 is 38.2 Å². The van der Waals surface area contributed by atoms with Gasteiger partial charge in [0.2, 0.25) is 0 Å². The minimum Gasteiger partial charge on any atom is -0.867 e. The van der Waals surface area contributed by atoms with Crippen LogP contribution in [0.4, 0.5) is 22.7 Å². The first kappa shape index (κ1) is 54.6. The van der Waals surface area contributed by atoms with E-state index >= 15 is 0 Å². The fourth-order valence-corrected chi connectivity index (χ4v) is 4.78. The first-order valence-electron chi connectivity index (χ1n) is 17.8. The molecule has 0 heterocycles. The fourth-order valence-electron chi connectivity index (χ4n) is 4.78. The number of hydrogen-bond donors (Lipinski definition) is 1. The molecule has 0 bridgehead atoms. The third-order valence-electron chi connectivity index (χ3n) is 8.02. The summed E-state index contributed by atoms with van der Waals surface area (Å²) in [7, 11) is 0. The molecular weight excluding hydrogens is 953 g/mol. The number of quaternary nitrogens is 1. The number of nitro groups is 4. The molecule has 327 valence electrons. The smallest absolute Gasteiger partial charge is 0.867 e. The van der Waals surface area contributed by atoms with Crippen LogP contribution >= 0.6 is 0 Å². The summed E-state index contributed by atoms with van der Waals surface area (Å²) in [5, 5.41) is 89.9. The van der Waals surface area contributed by atoms with E-state index in [1.165, 1.54) is 93.0 Å². The van der Waals surface area contributed by atoms with Gasteiger partial charge in [-0.15, -0.1) is 0 Å². The van der Waals surface area contributed by atoms with Crippen LogP contribution in [0, 0.1) is 78.6 Å². The molecule has 3 N–H and O–H groups in total. The van der Waals surface area contributed by atoms with Crippen LogP contribution in [0.5, 0.6) is 23.0 Å². The molecule has 0 aliphatic heterocycles. The van der Waals surface area contributed by atoms with E-state index in [1.807, 2.05) is 0 Å². The zero-order valence-corrected chi connectivity index (χ0v) is 35.0. The molecule has 23 heteroatoms. The molecule has 4 aromatic rings. The molecule has 0 unspecified atom stereocenters. The maximum absolute atomic E-state index is 11.8. The Bertz CT molecular complexity index is 1900. The van der Waals surface area contributed by atoms with E-state index in [2.05, 4.69) is 40.7 Å². The van der Waals surface area contributed by atoms with E-state index in [9.17, 15) is 60.9 Å². The first-order chi connectivity index (χ1) is 28.2. The number of para-hydroxylation sites is 4. The Balaban J connectivity index is 0.000000992. The van der Waals surface area contributed by atoms with Crippen LogP contribution in [-0.4, -0.2) is 95.8 Å². The summed E-state index contributed by atoms with van der Waals surface area (Å²) in [4.78, 5) is 57.2. The second kappa shape index (κ2) is 28.9. The van der Waals surface area contributed by atoms with Crippen molar-refractivity contribution in [3.05, 3.63) is 136 Å². The Kier molecular flexibility index (Phi) is 25.8. The molecule has 0 atom stereocenters. The Morgan fingerprint density at radius 1 is 0.443 bits per heavy atom. The number of nitrogens with zero attached hydrogens (tertiary/aromatic N) is 8. The molecular formula is C38H42DyN9O13. The van der Waals surface area contributed by atoms with Crippen LogP contribution in [-0.2, 0) is 0 Å². The van der Waals surface area contributed by atoms with Gasteiger partial charge in [-0.25, -0.2) is 0 Å². The number of aliphatic imine (C=N–C) groups is 4. The van der Waals surface area contributed by atoms with E-state index in [0.717, 1.165) is 24.3 Å². The zero-order valence-electron chi connectivity index (χ0n) is 33.0. The van der Waals surface area contributed by atoms with E-state index in [0.29, 0.717) is 0 Å². The van der Waals surface area contributed by atoms with Crippen molar-refractivity contribution in [2.75, 3.05) is 45.8 Å². The average Bonchev–Trinajstić information content (AvgIpc) is 3.20. The second-order valence-electron chi connectivity index (χ2n) is 11.8. The summed E-state index contributed by atoms with van der Waals surface area (Å²) in [6.45, 7) is 11.2. The van der Waals surface area contributed by atoms with Crippen LogP contribution in [0.1, 0.15) is 43.0 Å². The molecule has 0 saturated carbocycles. The molecule has 4 aromatic carbocycles. The molecule has 0 saturated heterocycles.